The third-order valence-electron chi connectivity index (χ3n) is 2.25. The molecule has 0 saturated heterocycles. The summed E-state index contributed by atoms with van der Waals surface area (Å²) in [5.74, 6) is -3.43. The molecule has 0 saturated carbocycles. The third kappa shape index (κ3) is 4.92. The van der Waals surface area contributed by atoms with E-state index in [2.05, 4.69) is 0 Å². The van der Waals surface area contributed by atoms with Gasteiger partial charge in [-0.15, -0.1) is 0 Å². The van der Waals surface area contributed by atoms with Crippen LogP contribution >= 0.6 is 0 Å². The summed E-state index contributed by atoms with van der Waals surface area (Å²) in [4.78, 5) is 21.4. The summed E-state index contributed by atoms with van der Waals surface area (Å²) in [6.45, 7) is 1.69. The van der Waals surface area contributed by atoms with Gasteiger partial charge in [-0.1, -0.05) is 19.8 Å². The summed E-state index contributed by atoms with van der Waals surface area (Å²) in [5, 5.41) is 17.4. The van der Waals surface area contributed by atoms with Crippen LogP contribution in [-0.2, 0) is 19.7 Å². The fourth-order valence-corrected chi connectivity index (χ4v) is 2.24. The number of carboxylic acids is 2. The maximum Gasteiger partial charge on any atom is 1.00 e. The molecule has 3 N–H and O–H groups in total. The van der Waals surface area contributed by atoms with Crippen LogP contribution in [0, 0.1) is 0 Å². The van der Waals surface area contributed by atoms with Crippen LogP contribution in [0.1, 0.15) is 34.0 Å². The molecule has 0 aromatic rings. The van der Waals surface area contributed by atoms with E-state index in [-0.39, 0.29) is 37.4 Å². The van der Waals surface area contributed by atoms with Crippen molar-refractivity contribution in [2.75, 3.05) is 0 Å². The summed E-state index contributed by atoms with van der Waals surface area (Å²) in [5.41, 5.74) is 0. The van der Waals surface area contributed by atoms with Gasteiger partial charge >= 0.3 is 41.5 Å². The van der Waals surface area contributed by atoms with E-state index < -0.39 is 39.6 Å². The van der Waals surface area contributed by atoms with Gasteiger partial charge in [0.1, 0.15) is 0 Å². The van der Waals surface area contributed by atoms with Crippen molar-refractivity contribution in [3.05, 3.63) is 0 Å². The molecule has 0 rings (SSSR count). The van der Waals surface area contributed by atoms with Crippen molar-refractivity contribution in [3.8, 4) is 0 Å². The molecule has 0 amide bonds. The van der Waals surface area contributed by atoms with Gasteiger partial charge in [-0.3, -0.25) is 14.1 Å². The van der Waals surface area contributed by atoms with E-state index in [1.54, 1.807) is 6.92 Å². The molecule has 0 aromatic heterocycles. The van der Waals surface area contributed by atoms with E-state index in [9.17, 15) is 18.0 Å². The predicted octanol–water partition coefficient (Wildman–Crippen LogP) is -2.52. The largest absolute Gasteiger partial charge is 1.00 e. The van der Waals surface area contributed by atoms with Gasteiger partial charge in [0.05, 0.1) is 6.42 Å². The summed E-state index contributed by atoms with van der Waals surface area (Å²) in [6, 6.07) is 0. The SMILES string of the molecule is CCCCC(CC(=O)O)(C(=O)O)S(=O)(=O)O.[H-].[Na+]. The van der Waals surface area contributed by atoms with Crippen LogP contribution in [0.15, 0.2) is 0 Å². The predicted molar refractivity (Wildman–Crippen MR) is 54.8 cm³/mol. The smallest absolute Gasteiger partial charge is 1.00 e. The minimum absolute atomic E-state index is 0. The zero-order valence-corrected chi connectivity index (χ0v) is 12.5. The van der Waals surface area contributed by atoms with Gasteiger partial charge in [-0.2, -0.15) is 8.42 Å². The number of hydrogen-bond donors (Lipinski definition) is 3. The topological polar surface area (TPSA) is 129 Å². The maximum absolute atomic E-state index is 11.0. The average Bonchev–Trinajstić information content (AvgIpc) is 2.09. The standard InChI is InChI=1S/C8H14O7S.Na.H/c1-2-3-4-8(7(11)12,5-6(9)10)16(13,14)15;;/h2-5H2,1H3,(H,9,10)(H,11,12)(H,13,14,15);;/q;+1;-1. The Morgan fingerprint density at radius 3 is 2.00 bits per heavy atom. The Hall–Kier alpha value is -0.150. The third-order valence-corrected chi connectivity index (χ3v) is 3.77. The second-order valence-electron chi connectivity index (χ2n) is 3.45. The van der Waals surface area contributed by atoms with Gasteiger partial charge in [0.15, 0.2) is 0 Å². The van der Waals surface area contributed by atoms with E-state index in [0.717, 1.165) is 0 Å². The normalized spacial score (nSPS) is 14.5. The minimum Gasteiger partial charge on any atom is -1.00 e. The van der Waals surface area contributed by atoms with E-state index in [0.29, 0.717) is 6.42 Å². The molecule has 0 fully saturated rings. The monoisotopic (exact) mass is 278 g/mol. The summed E-state index contributed by atoms with van der Waals surface area (Å²) in [6.07, 6.45) is -0.894. The Labute approximate surface area is 123 Å². The van der Waals surface area contributed by atoms with E-state index >= 15 is 0 Å². The summed E-state index contributed by atoms with van der Waals surface area (Å²) >= 11 is 0. The maximum atomic E-state index is 11.0. The number of carbonyl (C=O) groups is 2. The molecular formula is C8H15NaO7S. The van der Waals surface area contributed by atoms with Crippen molar-refractivity contribution in [3.63, 3.8) is 0 Å². The quantitative estimate of drug-likeness (QED) is 0.346. The molecule has 1 unspecified atom stereocenters. The molecular weight excluding hydrogens is 263 g/mol. The Morgan fingerprint density at radius 2 is 1.76 bits per heavy atom. The number of unbranched alkanes of at least 4 members (excludes halogenated alkanes) is 1. The molecule has 0 aliphatic rings. The van der Waals surface area contributed by atoms with Gasteiger partial charge < -0.3 is 11.6 Å². The minimum atomic E-state index is -4.97. The molecule has 0 heterocycles. The molecule has 17 heavy (non-hydrogen) atoms. The number of hydrogen-bond acceptors (Lipinski definition) is 4. The van der Waals surface area contributed by atoms with Gasteiger partial charge in [0, 0.05) is 0 Å². The molecule has 0 radical (unpaired) electrons. The first-order valence-corrected chi connectivity index (χ1v) is 6.03. The van der Waals surface area contributed by atoms with Crippen LogP contribution < -0.4 is 29.6 Å². The molecule has 96 valence electrons. The Balaban J connectivity index is -0.00000112. The van der Waals surface area contributed by atoms with Crippen LogP contribution in [0.2, 0.25) is 0 Å². The zero-order valence-electron chi connectivity index (χ0n) is 10.7. The molecule has 0 aliphatic heterocycles. The van der Waals surface area contributed by atoms with Crippen molar-refractivity contribution < 1.29 is 63.8 Å². The van der Waals surface area contributed by atoms with E-state index in [1.807, 2.05) is 0 Å². The van der Waals surface area contributed by atoms with E-state index in [4.69, 9.17) is 14.8 Å². The van der Waals surface area contributed by atoms with Crippen LogP contribution in [0.3, 0.4) is 0 Å². The van der Waals surface area contributed by atoms with Crippen LogP contribution in [0.25, 0.3) is 0 Å². The number of carboxylic acid groups (broad SMARTS) is 2. The van der Waals surface area contributed by atoms with Gasteiger partial charge in [0.25, 0.3) is 10.1 Å². The first-order chi connectivity index (χ1) is 7.17. The van der Waals surface area contributed by atoms with Gasteiger partial charge in [-0.25, -0.2) is 0 Å². The Bertz CT molecular complexity index is 383. The first-order valence-electron chi connectivity index (χ1n) is 4.59. The summed E-state index contributed by atoms with van der Waals surface area (Å²) < 4.78 is 28.4. The molecule has 7 nitrogen and oxygen atoms in total. The van der Waals surface area contributed by atoms with Gasteiger partial charge in [-0.05, 0) is 6.42 Å². The number of aliphatic carboxylic acids is 2. The fraction of sp³-hybridized carbons (Fsp3) is 0.750. The molecule has 1 atom stereocenters. The zero-order chi connectivity index (χ0) is 13.0. The molecule has 0 aromatic carbocycles. The second kappa shape index (κ2) is 7.32. The van der Waals surface area contributed by atoms with Gasteiger partial charge in [0.2, 0.25) is 4.75 Å². The Kier molecular flexibility index (Phi) is 8.27. The molecule has 0 bridgehead atoms. The van der Waals surface area contributed by atoms with Crippen molar-refractivity contribution in [1.82, 2.24) is 0 Å². The van der Waals surface area contributed by atoms with Crippen molar-refractivity contribution in [2.24, 2.45) is 0 Å². The number of rotatable bonds is 7. The average molecular weight is 278 g/mol. The second-order valence-corrected chi connectivity index (χ2v) is 5.18. The van der Waals surface area contributed by atoms with Crippen molar-refractivity contribution >= 4 is 22.1 Å². The van der Waals surface area contributed by atoms with Crippen molar-refractivity contribution in [2.45, 2.75) is 37.4 Å². The van der Waals surface area contributed by atoms with Crippen LogP contribution in [0.4, 0.5) is 0 Å². The molecule has 0 aliphatic carbocycles. The van der Waals surface area contributed by atoms with Crippen LogP contribution in [-0.4, -0.2) is 39.9 Å². The molecule has 0 spiro atoms. The fourth-order valence-electron chi connectivity index (χ4n) is 1.31. The van der Waals surface area contributed by atoms with E-state index in [1.165, 1.54) is 0 Å². The van der Waals surface area contributed by atoms with Crippen LogP contribution in [0.5, 0.6) is 0 Å². The van der Waals surface area contributed by atoms with Crippen molar-refractivity contribution in [1.29, 1.82) is 0 Å². The first kappa shape index (κ1) is 19.2. The Morgan fingerprint density at radius 1 is 1.29 bits per heavy atom. The molecule has 9 heteroatoms. The summed E-state index contributed by atoms with van der Waals surface area (Å²) in [7, 11) is -4.97.